The Labute approximate surface area is 185 Å². The summed E-state index contributed by atoms with van der Waals surface area (Å²) in [6, 6.07) is 5.61. The first-order valence-corrected chi connectivity index (χ1v) is 11.3. The van der Waals surface area contributed by atoms with Gasteiger partial charge >= 0.3 is 6.03 Å². The lowest BCUT2D eigenvalue weighted by Gasteiger charge is -2.44. The van der Waals surface area contributed by atoms with Crippen LogP contribution in [0.4, 0.5) is 4.79 Å². The minimum absolute atomic E-state index is 0.0285. The first kappa shape index (κ1) is 21.9. The van der Waals surface area contributed by atoms with Crippen molar-refractivity contribution in [3.8, 4) is 11.5 Å². The third-order valence-corrected chi connectivity index (χ3v) is 7.11. The summed E-state index contributed by atoms with van der Waals surface area (Å²) in [5.41, 5.74) is 0.301. The van der Waals surface area contributed by atoms with E-state index in [2.05, 4.69) is 31.0 Å². The molecule has 3 aliphatic rings. The van der Waals surface area contributed by atoms with Crippen molar-refractivity contribution in [1.29, 1.82) is 0 Å². The van der Waals surface area contributed by atoms with E-state index in [0.29, 0.717) is 25.4 Å². The van der Waals surface area contributed by atoms with Crippen LogP contribution in [0, 0.1) is 11.3 Å². The van der Waals surface area contributed by atoms with Crippen molar-refractivity contribution in [3.63, 3.8) is 0 Å². The van der Waals surface area contributed by atoms with Gasteiger partial charge in [-0.3, -0.25) is 9.69 Å². The Hall–Kier alpha value is -2.28. The van der Waals surface area contributed by atoms with Crippen LogP contribution >= 0.6 is 0 Å². The number of rotatable bonds is 5. The lowest BCUT2D eigenvalue weighted by Crippen LogP contribution is -2.54. The number of likely N-dealkylation sites (tertiary alicyclic amines) is 1. The molecule has 31 heavy (non-hydrogen) atoms. The van der Waals surface area contributed by atoms with Gasteiger partial charge in [0.2, 0.25) is 0 Å². The summed E-state index contributed by atoms with van der Waals surface area (Å²) in [6.45, 7) is 7.69. The molecule has 2 heterocycles. The number of nitrogens with one attached hydrogen (secondary N) is 1. The van der Waals surface area contributed by atoms with E-state index in [1.807, 2.05) is 18.2 Å². The van der Waals surface area contributed by atoms with E-state index >= 15 is 0 Å². The Morgan fingerprint density at radius 2 is 1.94 bits per heavy atom. The van der Waals surface area contributed by atoms with Crippen LogP contribution in [0.15, 0.2) is 18.2 Å². The summed E-state index contributed by atoms with van der Waals surface area (Å²) in [5.74, 6) is 1.90. The molecule has 0 aromatic heterocycles. The molecule has 1 aromatic carbocycles. The topological polar surface area (TPSA) is 71.1 Å². The maximum Gasteiger partial charge on any atom is 0.326 e. The van der Waals surface area contributed by atoms with E-state index in [1.54, 1.807) is 14.2 Å². The van der Waals surface area contributed by atoms with E-state index in [0.717, 1.165) is 42.9 Å². The highest BCUT2D eigenvalue weighted by molar-refractivity contribution is 6.07. The van der Waals surface area contributed by atoms with Gasteiger partial charge in [0.1, 0.15) is 17.0 Å². The van der Waals surface area contributed by atoms with Crippen molar-refractivity contribution >= 4 is 11.9 Å². The van der Waals surface area contributed by atoms with Crippen LogP contribution in [0.1, 0.15) is 64.5 Å². The minimum Gasteiger partial charge on any atom is -0.497 e. The number of ether oxygens (including phenoxy) is 2. The third kappa shape index (κ3) is 4.00. The molecule has 4 rings (SSSR count). The number of benzene rings is 1. The Balaban J connectivity index is 1.56. The number of carbonyl (C=O) groups excluding carboxylic acids is 2. The van der Waals surface area contributed by atoms with Gasteiger partial charge in [-0.15, -0.1) is 0 Å². The zero-order chi connectivity index (χ0) is 22.4. The van der Waals surface area contributed by atoms with Gasteiger partial charge in [0.15, 0.2) is 0 Å². The molecule has 1 spiro atoms. The van der Waals surface area contributed by atoms with Crippen LogP contribution in [0.3, 0.4) is 0 Å². The molecule has 7 nitrogen and oxygen atoms in total. The lowest BCUT2D eigenvalue weighted by atomic mass is 9.64. The average molecular weight is 430 g/mol. The number of hydrogen-bond acceptors (Lipinski definition) is 5. The smallest absolute Gasteiger partial charge is 0.326 e. The normalized spacial score (nSPS) is 30.7. The van der Waals surface area contributed by atoms with Crippen LogP contribution in [0.5, 0.6) is 11.5 Å². The summed E-state index contributed by atoms with van der Waals surface area (Å²) < 4.78 is 11.0. The molecule has 1 aliphatic carbocycles. The molecule has 0 bridgehead atoms. The predicted octanol–water partition coefficient (Wildman–Crippen LogP) is 3.94. The molecule has 2 aliphatic heterocycles. The van der Waals surface area contributed by atoms with Gasteiger partial charge < -0.3 is 14.8 Å². The largest absolute Gasteiger partial charge is 0.497 e. The fraction of sp³-hybridized carbons (Fsp3) is 0.667. The van der Waals surface area contributed by atoms with E-state index < -0.39 is 5.54 Å². The van der Waals surface area contributed by atoms with Gasteiger partial charge in [-0.2, -0.15) is 0 Å². The predicted molar refractivity (Wildman–Crippen MR) is 118 cm³/mol. The highest BCUT2D eigenvalue weighted by Crippen LogP contribution is 2.47. The zero-order valence-electron chi connectivity index (χ0n) is 19.4. The number of hydrogen-bond donors (Lipinski definition) is 1. The van der Waals surface area contributed by atoms with Gasteiger partial charge in [0.05, 0.1) is 20.9 Å². The molecular weight excluding hydrogens is 394 g/mol. The summed E-state index contributed by atoms with van der Waals surface area (Å²) in [6.07, 6.45) is 4.43. The zero-order valence-corrected chi connectivity index (χ0v) is 19.4. The fourth-order valence-corrected chi connectivity index (χ4v) is 6.26. The van der Waals surface area contributed by atoms with E-state index in [4.69, 9.17) is 9.47 Å². The molecule has 0 radical (unpaired) electrons. The minimum atomic E-state index is -0.763. The van der Waals surface area contributed by atoms with Crippen LogP contribution in [-0.4, -0.2) is 54.7 Å². The highest BCUT2D eigenvalue weighted by Gasteiger charge is 2.56. The Kier molecular flexibility index (Phi) is 5.66. The quantitative estimate of drug-likeness (QED) is 0.718. The maximum absolute atomic E-state index is 13.6. The second-order valence-electron chi connectivity index (χ2n) is 10.3. The van der Waals surface area contributed by atoms with Gasteiger partial charge in [-0.25, -0.2) is 9.69 Å². The number of nitrogens with zero attached hydrogens (tertiary/aromatic N) is 2. The number of imide groups is 1. The van der Waals surface area contributed by atoms with Crippen LogP contribution in [-0.2, 0) is 4.79 Å². The van der Waals surface area contributed by atoms with E-state index in [1.165, 1.54) is 4.90 Å². The van der Waals surface area contributed by atoms with Gasteiger partial charge in [-0.05, 0) is 61.6 Å². The van der Waals surface area contributed by atoms with Crippen LogP contribution in [0.25, 0.3) is 0 Å². The second-order valence-corrected chi connectivity index (χ2v) is 10.3. The molecule has 3 atom stereocenters. The van der Waals surface area contributed by atoms with E-state index in [-0.39, 0.29) is 23.4 Å². The van der Waals surface area contributed by atoms with Gasteiger partial charge in [0.25, 0.3) is 5.91 Å². The second kappa shape index (κ2) is 8.01. The fourth-order valence-electron chi connectivity index (χ4n) is 6.26. The summed E-state index contributed by atoms with van der Waals surface area (Å²) in [4.78, 5) is 30.1. The summed E-state index contributed by atoms with van der Waals surface area (Å²) in [5, 5.41) is 3.09. The molecule has 0 unspecified atom stereocenters. The highest BCUT2D eigenvalue weighted by atomic mass is 16.5. The Morgan fingerprint density at radius 1 is 1.16 bits per heavy atom. The molecule has 3 fully saturated rings. The summed E-state index contributed by atoms with van der Waals surface area (Å²) in [7, 11) is 3.31. The molecule has 7 heteroatoms. The van der Waals surface area contributed by atoms with Crippen molar-refractivity contribution in [1.82, 2.24) is 15.1 Å². The molecule has 1 aromatic rings. The number of urea groups is 1. The molecule has 3 amide bonds. The first-order chi connectivity index (χ1) is 14.7. The molecule has 2 saturated heterocycles. The number of carbonyl (C=O) groups is 2. The van der Waals surface area contributed by atoms with E-state index in [9.17, 15) is 9.59 Å². The first-order valence-electron chi connectivity index (χ1n) is 11.3. The monoisotopic (exact) mass is 429 g/mol. The van der Waals surface area contributed by atoms with Gasteiger partial charge in [-0.1, -0.05) is 20.8 Å². The maximum atomic E-state index is 13.6. The van der Waals surface area contributed by atoms with Crippen molar-refractivity contribution in [2.24, 2.45) is 11.3 Å². The van der Waals surface area contributed by atoms with Crippen molar-refractivity contribution < 1.29 is 19.1 Å². The van der Waals surface area contributed by atoms with Crippen LogP contribution in [0.2, 0.25) is 0 Å². The van der Waals surface area contributed by atoms with Crippen LogP contribution < -0.4 is 14.8 Å². The van der Waals surface area contributed by atoms with Gasteiger partial charge in [0, 0.05) is 18.2 Å². The lowest BCUT2D eigenvalue weighted by molar-refractivity contribution is -0.136. The molecule has 1 saturated carbocycles. The molecule has 170 valence electrons. The van der Waals surface area contributed by atoms with Crippen molar-refractivity contribution in [2.75, 3.05) is 27.4 Å². The average Bonchev–Trinajstić information content (AvgIpc) is 3.24. The Morgan fingerprint density at radius 3 is 2.61 bits per heavy atom. The van der Waals surface area contributed by atoms with Crippen molar-refractivity contribution in [3.05, 3.63) is 23.8 Å². The third-order valence-electron chi connectivity index (χ3n) is 7.11. The Bertz CT molecular complexity index is 870. The molecule has 1 N–H and O–H groups in total. The SMILES string of the molecule is COc1ccc(OC)c([C@H]2CCCN2CN2C(=O)N[C@@]3(C[C@@H](C)CC(C)(C)C3)C2=O)c1. The summed E-state index contributed by atoms with van der Waals surface area (Å²) >= 11 is 0. The standard InChI is InChI=1S/C24H35N3O4/c1-16-12-23(2,3)14-24(13-16)21(28)27(22(29)25-24)15-26-10-6-7-19(26)18-11-17(30-4)8-9-20(18)31-5/h8-9,11,16,19H,6-7,10,12-15H2,1-5H3,(H,25,29)/t16-,19+,24+/m0/s1. The number of amides is 3. The number of methoxy groups -OCH3 is 2. The molecular formula is C24H35N3O4. The van der Waals surface area contributed by atoms with Crippen molar-refractivity contribution in [2.45, 2.75) is 64.5 Å².